The Morgan fingerprint density at radius 3 is 1.86 bits per heavy atom. The van der Waals surface area contributed by atoms with Crippen LogP contribution in [-0.4, -0.2) is 17.9 Å². The molecule has 3 aliphatic heterocycles. The van der Waals surface area contributed by atoms with Gasteiger partial charge < -0.3 is 21.3 Å². The minimum atomic E-state index is 0.109. The molecule has 9 rings (SSSR count). The minimum Gasteiger partial charge on any atom is -0.382 e. The van der Waals surface area contributed by atoms with Gasteiger partial charge in [0.15, 0.2) is 0 Å². The number of hydrogen-bond acceptors (Lipinski definition) is 5. The lowest BCUT2D eigenvalue weighted by Gasteiger charge is -2.43. The molecule has 0 saturated heterocycles. The van der Waals surface area contributed by atoms with Crippen LogP contribution in [0.2, 0.25) is 0 Å². The molecule has 5 nitrogen and oxygen atoms in total. The Labute approximate surface area is 336 Å². The molecular weight excluding hydrogens is 683 g/mol. The number of nitrogens with one attached hydrogen (secondary N) is 4. The molecule has 3 aliphatic carbocycles. The van der Waals surface area contributed by atoms with Gasteiger partial charge in [0.05, 0.1) is 17.8 Å². The van der Waals surface area contributed by atoms with Gasteiger partial charge >= 0.3 is 0 Å². The predicted molar refractivity (Wildman–Crippen MR) is 232 cm³/mol. The first-order chi connectivity index (χ1) is 27.6. The Balaban J connectivity index is 1.03. The number of benzene rings is 3. The zero-order chi connectivity index (χ0) is 37.8. The number of nitrogens with zero attached hydrogens (tertiary/aromatic N) is 1. The highest BCUT2D eigenvalue weighted by Crippen LogP contribution is 2.45. The molecule has 4 N–H and O–H groups in total. The van der Waals surface area contributed by atoms with Gasteiger partial charge in [-0.1, -0.05) is 129 Å². The van der Waals surface area contributed by atoms with Crippen LogP contribution >= 0.6 is 0 Å². The van der Waals surface area contributed by atoms with Crippen LogP contribution in [0.15, 0.2) is 137 Å². The van der Waals surface area contributed by atoms with Crippen LogP contribution < -0.4 is 21.3 Å². The highest BCUT2D eigenvalue weighted by Gasteiger charge is 2.39. The molecule has 0 aromatic heterocycles. The number of hydrogen-bond donors (Lipinski definition) is 4. The van der Waals surface area contributed by atoms with Crippen LogP contribution in [0.3, 0.4) is 0 Å². The van der Waals surface area contributed by atoms with Crippen LogP contribution in [0, 0.1) is 29.6 Å². The van der Waals surface area contributed by atoms with Gasteiger partial charge in [0.1, 0.15) is 6.17 Å². The third-order valence-electron chi connectivity index (χ3n) is 14.2. The molecule has 56 heavy (non-hydrogen) atoms. The lowest BCUT2D eigenvalue weighted by molar-refractivity contribution is 0.252. The third kappa shape index (κ3) is 8.02. The second-order valence-electron chi connectivity index (χ2n) is 17.9. The van der Waals surface area contributed by atoms with Crippen molar-refractivity contribution in [1.29, 1.82) is 0 Å². The third-order valence-corrected chi connectivity index (χ3v) is 14.2. The van der Waals surface area contributed by atoms with Crippen LogP contribution in [0.1, 0.15) is 126 Å². The van der Waals surface area contributed by atoms with E-state index in [-0.39, 0.29) is 18.2 Å². The summed E-state index contributed by atoms with van der Waals surface area (Å²) in [5.74, 6) is 2.73. The zero-order valence-electron chi connectivity index (χ0n) is 33.7. The Bertz CT molecular complexity index is 1950. The number of dihydropyridines is 1. The smallest absolute Gasteiger partial charge is 0.121 e. The average Bonchev–Trinajstić information content (AvgIpc) is 3.27. The summed E-state index contributed by atoms with van der Waals surface area (Å²) >= 11 is 0. The molecule has 3 aromatic carbocycles. The summed E-state index contributed by atoms with van der Waals surface area (Å²) < 4.78 is 0. The highest BCUT2D eigenvalue weighted by atomic mass is 15.1. The van der Waals surface area contributed by atoms with Crippen molar-refractivity contribution in [1.82, 2.24) is 21.3 Å². The van der Waals surface area contributed by atoms with Gasteiger partial charge in [-0.15, -0.1) is 0 Å². The fourth-order valence-electron chi connectivity index (χ4n) is 11.2. The van der Waals surface area contributed by atoms with E-state index in [2.05, 4.69) is 144 Å². The summed E-state index contributed by atoms with van der Waals surface area (Å²) in [6.45, 7) is 4.54. The fraction of sp³-hybridized carbons (Fsp3) is 0.471. The van der Waals surface area contributed by atoms with E-state index in [4.69, 9.17) is 4.99 Å². The largest absolute Gasteiger partial charge is 0.382 e. The van der Waals surface area contributed by atoms with Gasteiger partial charge in [-0.05, 0) is 117 Å². The first kappa shape index (κ1) is 37.1. The molecule has 0 amide bonds. The van der Waals surface area contributed by atoms with Gasteiger partial charge in [0.25, 0.3) is 0 Å². The summed E-state index contributed by atoms with van der Waals surface area (Å²) in [6.07, 6.45) is 24.1. The van der Waals surface area contributed by atoms with Gasteiger partial charge in [-0.3, -0.25) is 4.99 Å². The first-order valence-electron chi connectivity index (χ1n) is 22.2. The van der Waals surface area contributed by atoms with E-state index < -0.39 is 0 Å². The second-order valence-corrected chi connectivity index (χ2v) is 17.9. The molecule has 292 valence electrons. The maximum atomic E-state index is 5.68. The molecule has 8 atom stereocenters. The number of aliphatic imine (C=N–C) groups is 1. The molecule has 6 aliphatic rings. The molecule has 5 heteroatoms. The van der Waals surface area contributed by atoms with E-state index in [0.29, 0.717) is 35.6 Å². The van der Waals surface area contributed by atoms with Crippen molar-refractivity contribution >= 4 is 11.4 Å². The normalized spacial score (nSPS) is 31.3. The van der Waals surface area contributed by atoms with Gasteiger partial charge in [-0.2, -0.15) is 0 Å². The molecule has 3 heterocycles. The maximum absolute atomic E-state index is 5.68. The Hall–Kier alpha value is -4.51. The van der Waals surface area contributed by atoms with Crippen molar-refractivity contribution in [3.8, 4) is 0 Å². The van der Waals surface area contributed by atoms with E-state index in [1.54, 1.807) is 5.57 Å². The SMILES string of the molecule is CC1=CC=C(C2CCCC(C3=NC(C4CCCCC4)NC(C4CCCC(C5=C(c6ccccc6)NC(c6ccccc6)C(c6ccccc6)N5)C4)=C3)C2)C(C)N1. The molecule has 0 spiro atoms. The summed E-state index contributed by atoms with van der Waals surface area (Å²) in [5, 5.41) is 16.3. The number of allylic oxidation sites excluding steroid dienone is 6. The summed E-state index contributed by atoms with van der Waals surface area (Å²) in [4.78, 5) is 5.68. The fourth-order valence-corrected chi connectivity index (χ4v) is 11.2. The van der Waals surface area contributed by atoms with Crippen LogP contribution in [-0.2, 0) is 0 Å². The molecule has 3 aromatic rings. The first-order valence-corrected chi connectivity index (χ1v) is 22.2. The topological polar surface area (TPSA) is 60.5 Å². The highest BCUT2D eigenvalue weighted by molar-refractivity contribution is 5.98. The second kappa shape index (κ2) is 16.9. The Morgan fingerprint density at radius 1 is 0.554 bits per heavy atom. The Morgan fingerprint density at radius 2 is 1.16 bits per heavy atom. The lowest BCUT2D eigenvalue weighted by atomic mass is 9.72. The van der Waals surface area contributed by atoms with E-state index in [1.807, 2.05) is 0 Å². The molecule has 0 radical (unpaired) electrons. The summed E-state index contributed by atoms with van der Waals surface area (Å²) in [6, 6.07) is 33.8. The van der Waals surface area contributed by atoms with Crippen molar-refractivity contribution < 1.29 is 0 Å². The van der Waals surface area contributed by atoms with Crippen molar-refractivity contribution in [2.45, 2.75) is 122 Å². The Kier molecular flexibility index (Phi) is 11.2. The standard InChI is InChI=1S/C51H63N5/c1-34-29-30-44(35(2)52-34)40-25-15-26-41(31-40)45-33-46(54-51(53-45)39-23-13-6-14-24-39)42-27-16-28-43(32-42)50-49(38-21-11-5-12-22-38)55-47(36-17-7-3-8-18-36)48(56-50)37-19-9-4-10-20-37/h3-5,7-12,17-22,29-30,33,35,39-43,47-48,51-52,54-56H,6,13-16,23-28,31-32H2,1-2H3. The monoisotopic (exact) mass is 746 g/mol. The molecule has 3 fully saturated rings. The van der Waals surface area contributed by atoms with Crippen molar-refractivity contribution in [2.75, 3.05) is 0 Å². The van der Waals surface area contributed by atoms with Crippen LogP contribution in [0.5, 0.6) is 0 Å². The van der Waals surface area contributed by atoms with Crippen LogP contribution in [0.25, 0.3) is 5.70 Å². The lowest BCUT2D eigenvalue weighted by Crippen LogP contribution is -2.45. The molecular formula is C51H63N5. The van der Waals surface area contributed by atoms with Crippen molar-refractivity contribution in [3.05, 3.63) is 149 Å². The van der Waals surface area contributed by atoms with E-state index in [9.17, 15) is 0 Å². The molecule has 3 saturated carbocycles. The molecule has 8 unspecified atom stereocenters. The zero-order valence-corrected chi connectivity index (χ0v) is 33.7. The van der Waals surface area contributed by atoms with Crippen LogP contribution in [0.4, 0.5) is 0 Å². The van der Waals surface area contributed by atoms with Gasteiger partial charge in [0.2, 0.25) is 0 Å². The minimum absolute atomic E-state index is 0.109. The van der Waals surface area contributed by atoms with Gasteiger partial charge in [-0.25, -0.2) is 0 Å². The quantitative estimate of drug-likeness (QED) is 0.185. The van der Waals surface area contributed by atoms with E-state index in [1.165, 1.54) is 122 Å². The van der Waals surface area contributed by atoms with Crippen molar-refractivity contribution in [3.63, 3.8) is 0 Å². The number of rotatable bonds is 8. The summed E-state index contributed by atoms with van der Waals surface area (Å²) in [7, 11) is 0. The van der Waals surface area contributed by atoms with E-state index >= 15 is 0 Å². The van der Waals surface area contributed by atoms with E-state index in [0.717, 1.165) is 6.42 Å². The van der Waals surface area contributed by atoms with Crippen molar-refractivity contribution in [2.24, 2.45) is 34.6 Å². The average molecular weight is 746 g/mol. The van der Waals surface area contributed by atoms with Gasteiger partial charge in [0, 0.05) is 40.7 Å². The maximum Gasteiger partial charge on any atom is 0.121 e. The predicted octanol–water partition coefficient (Wildman–Crippen LogP) is 11.3. The summed E-state index contributed by atoms with van der Waals surface area (Å²) in [5.41, 5.74) is 12.3. The molecule has 0 bridgehead atoms.